The van der Waals surface area contributed by atoms with Crippen LogP contribution in [0.15, 0.2) is 52.3 Å². The molecule has 0 aliphatic heterocycles. The van der Waals surface area contributed by atoms with Crippen LogP contribution in [0.1, 0.15) is 11.1 Å². The Labute approximate surface area is 124 Å². The zero-order chi connectivity index (χ0) is 15.5. The summed E-state index contributed by atoms with van der Waals surface area (Å²) in [5, 5.41) is 8.88. The van der Waals surface area contributed by atoms with Crippen LogP contribution in [-0.2, 0) is 6.18 Å². The van der Waals surface area contributed by atoms with Gasteiger partial charge in [-0.3, -0.25) is 0 Å². The zero-order valence-corrected chi connectivity index (χ0v) is 11.8. The predicted octanol–water partition coefficient (Wildman–Crippen LogP) is 4.74. The minimum Gasteiger partial charge on any atom is -0.497 e. The highest BCUT2D eigenvalue weighted by atomic mass is 32.2. The van der Waals surface area contributed by atoms with E-state index in [1.54, 1.807) is 24.3 Å². The maximum Gasteiger partial charge on any atom is 0.417 e. The first kappa shape index (κ1) is 15.3. The first-order valence-corrected chi connectivity index (χ1v) is 6.69. The van der Waals surface area contributed by atoms with Gasteiger partial charge in [-0.1, -0.05) is 17.8 Å². The van der Waals surface area contributed by atoms with Crippen LogP contribution in [-0.4, -0.2) is 7.11 Å². The van der Waals surface area contributed by atoms with Gasteiger partial charge in [-0.25, -0.2) is 0 Å². The number of benzene rings is 2. The van der Waals surface area contributed by atoms with E-state index < -0.39 is 11.7 Å². The molecule has 21 heavy (non-hydrogen) atoms. The standard InChI is InChI=1S/C15H10F3NOS/c1-20-11-3-2-4-12(8-11)21-13-5-6-14(15(16,17)18)10(7-13)9-19/h2-8H,1H3. The number of hydrogen-bond donors (Lipinski definition) is 0. The predicted molar refractivity (Wildman–Crippen MR) is 73.3 cm³/mol. The van der Waals surface area contributed by atoms with Gasteiger partial charge in [0.1, 0.15) is 5.75 Å². The first-order valence-electron chi connectivity index (χ1n) is 5.87. The molecule has 2 rings (SSSR count). The fraction of sp³-hybridized carbons (Fsp3) is 0.133. The fourth-order valence-electron chi connectivity index (χ4n) is 1.73. The molecule has 2 aromatic carbocycles. The highest BCUT2D eigenvalue weighted by molar-refractivity contribution is 7.99. The van der Waals surface area contributed by atoms with Crippen LogP contribution in [0.25, 0.3) is 0 Å². The molecule has 6 heteroatoms. The minimum atomic E-state index is -4.52. The van der Waals surface area contributed by atoms with Gasteiger partial charge < -0.3 is 4.74 Å². The van der Waals surface area contributed by atoms with Crippen LogP contribution in [0.3, 0.4) is 0 Å². The van der Waals surface area contributed by atoms with E-state index in [9.17, 15) is 13.2 Å². The maximum atomic E-state index is 12.7. The Hall–Kier alpha value is -2.13. The molecule has 0 radical (unpaired) electrons. The van der Waals surface area contributed by atoms with Crippen molar-refractivity contribution in [1.82, 2.24) is 0 Å². The Balaban J connectivity index is 2.32. The van der Waals surface area contributed by atoms with Crippen LogP contribution in [0.5, 0.6) is 5.75 Å². The van der Waals surface area contributed by atoms with Crippen LogP contribution in [0.2, 0.25) is 0 Å². The smallest absolute Gasteiger partial charge is 0.417 e. The summed E-state index contributed by atoms with van der Waals surface area (Å²) in [7, 11) is 1.54. The molecule has 0 saturated carbocycles. The average molecular weight is 309 g/mol. The lowest BCUT2D eigenvalue weighted by Crippen LogP contribution is -2.07. The Morgan fingerprint density at radius 3 is 2.43 bits per heavy atom. The summed E-state index contributed by atoms with van der Waals surface area (Å²) in [6.45, 7) is 0. The molecule has 0 fully saturated rings. The number of halogens is 3. The fourth-order valence-corrected chi connectivity index (χ4v) is 2.63. The monoisotopic (exact) mass is 309 g/mol. The molecule has 108 valence electrons. The number of hydrogen-bond acceptors (Lipinski definition) is 3. The first-order chi connectivity index (χ1) is 9.94. The van der Waals surface area contributed by atoms with Crippen molar-refractivity contribution in [3.05, 3.63) is 53.6 Å². The van der Waals surface area contributed by atoms with Gasteiger partial charge in [0, 0.05) is 9.79 Å². The molecule has 0 aliphatic rings. The Morgan fingerprint density at radius 1 is 1.10 bits per heavy atom. The number of alkyl halides is 3. The highest BCUT2D eigenvalue weighted by Gasteiger charge is 2.33. The van der Waals surface area contributed by atoms with E-state index in [0.29, 0.717) is 10.6 Å². The molecule has 2 aromatic rings. The van der Waals surface area contributed by atoms with Gasteiger partial charge in [0.2, 0.25) is 0 Å². The summed E-state index contributed by atoms with van der Waals surface area (Å²) in [5.74, 6) is 0.660. The van der Waals surface area contributed by atoms with Gasteiger partial charge in [-0.15, -0.1) is 0 Å². The lowest BCUT2D eigenvalue weighted by Gasteiger charge is -2.10. The van der Waals surface area contributed by atoms with Crippen molar-refractivity contribution < 1.29 is 17.9 Å². The van der Waals surface area contributed by atoms with E-state index in [1.807, 2.05) is 6.07 Å². The van der Waals surface area contributed by atoms with Gasteiger partial charge in [0.15, 0.2) is 0 Å². The number of nitriles is 1. The molecule has 0 spiro atoms. The second kappa shape index (κ2) is 6.10. The molecule has 2 nitrogen and oxygen atoms in total. The third-order valence-electron chi connectivity index (χ3n) is 2.69. The summed E-state index contributed by atoms with van der Waals surface area (Å²) in [5.41, 5.74) is -1.30. The third-order valence-corrected chi connectivity index (χ3v) is 3.67. The largest absolute Gasteiger partial charge is 0.497 e. The molecular formula is C15H10F3NOS. The van der Waals surface area contributed by atoms with E-state index in [-0.39, 0.29) is 5.56 Å². The van der Waals surface area contributed by atoms with Gasteiger partial charge in [0.05, 0.1) is 24.3 Å². The Morgan fingerprint density at radius 2 is 1.81 bits per heavy atom. The zero-order valence-electron chi connectivity index (χ0n) is 10.9. The molecule has 0 amide bonds. The van der Waals surface area contributed by atoms with Crippen LogP contribution >= 0.6 is 11.8 Å². The molecular weight excluding hydrogens is 299 g/mol. The van der Waals surface area contributed by atoms with Crippen molar-refractivity contribution in [2.75, 3.05) is 7.11 Å². The molecule has 0 unspecified atom stereocenters. The van der Waals surface area contributed by atoms with Crippen molar-refractivity contribution in [3.8, 4) is 11.8 Å². The third kappa shape index (κ3) is 3.70. The number of methoxy groups -OCH3 is 1. The van der Waals surface area contributed by atoms with Crippen LogP contribution in [0, 0.1) is 11.3 Å². The summed E-state index contributed by atoms with van der Waals surface area (Å²) in [6.07, 6.45) is -4.52. The Kier molecular flexibility index (Phi) is 4.43. The number of nitrogens with zero attached hydrogens (tertiary/aromatic N) is 1. The molecule has 0 N–H and O–H groups in total. The van der Waals surface area contributed by atoms with Crippen molar-refractivity contribution in [3.63, 3.8) is 0 Å². The molecule has 0 heterocycles. The summed E-state index contributed by atoms with van der Waals surface area (Å²) in [4.78, 5) is 1.38. The van der Waals surface area contributed by atoms with Gasteiger partial charge in [-0.05, 0) is 36.4 Å². The molecule has 0 saturated heterocycles. The van der Waals surface area contributed by atoms with E-state index >= 15 is 0 Å². The maximum absolute atomic E-state index is 12.7. The average Bonchev–Trinajstić information content (AvgIpc) is 2.46. The second-order valence-electron chi connectivity index (χ2n) is 4.10. The highest BCUT2D eigenvalue weighted by Crippen LogP contribution is 2.36. The molecule has 0 atom stereocenters. The number of rotatable bonds is 3. The summed E-state index contributed by atoms with van der Waals surface area (Å²) >= 11 is 1.27. The summed E-state index contributed by atoms with van der Waals surface area (Å²) < 4.78 is 43.2. The van der Waals surface area contributed by atoms with E-state index in [4.69, 9.17) is 10.00 Å². The second-order valence-corrected chi connectivity index (χ2v) is 5.24. The van der Waals surface area contributed by atoms with Crippen molar-refractivity contribution in [2.45, 2.75) is 16.0 Å². The van der Waals surface area contributed by atoms with Gasteiger partial charge in [-0.2, -0.15) is 18.4 Å². The van der Waals surface area contributed by atoms with Gasteiger partial charge >= 0.3 is 6.18 Å². The molecule has 0 aliphatic carbocycles. The van der Waals surface area contributed by atoms with Crippen molar-refractivity contribution in [2.24, 2.45) is 0 Å². The van der Waals surface area contributed by atoms with E-state index in [1.165, 1.54) is 31.0 Å². The van der Waals surface area contributed by atoms with Crippen LogP contribution in [0.4, 0.5) is 13.2 Å². The summed E-state index contributed by atoms with van der Waals surface area (Å²) in [6, 6.07) is 12.3. The molecule has 0 bridgehead atoms. The lowest BCUT2D eigenvalue weighted by atomic mass is 10.1. The van der Waals surface area contributed by atoms with E-state index in [2.05, 4.69) is 0 Å². The number of ether oxygens (including phenoxy) is 1. The molecule has 0 aromatic heterocycles. The SMILES string of the molecule is COc1cccc(Sc2ccc(C(F)(F)F)c(C#N)c2)c1. The quantitative estimate of drug-likeness (QED) is 0.821. The van der Waals surface area contributed by atoms with Crippen molar-refractivity contribution >= 4 is 11.8 Å². The Bertz CT molecular complexity index is 692. The van der Waals surface area contributed by atoms with Crippen LogP contribution < -0.4 is 4.74 Å². The lowest BCUT2D eigenvalue weighted by molar-refractivity contribution is -0.137. The van der Waals surface area contributed by atoms with Crippen molar-refractivity contribution in [1.29, 1.82) is 5.26 Å². The van der Waals surface area contributed by atoms with E-state index in [0.717, 1.165) is 11.0 Å². The van der Waals surface area contributed by atoms with Gasteiger partial charge in [0.25, 0.3) is 0 Å². The normalized spacial score (nSPS) is 11.0. The minimum absolute atomic E-state index is 0.379. The topological polar surface area (TPSA) is 33.0 Å².